The number of nitrogens with zero attached hydrogens (tertiary/aromatic N) is 2. The summed E-state index contributed by atoms with van der Waals surface area (Å²) in [5, 5.41) is 0. The molecule has 2 heterocycles. The van der Waals surface area contributed by atoms with Gasteiger partial charge in [-0.2, -0.15) is 0 Å². The second kappa shape index (κ2) is 6.98. The molecule has 2 aromatic carbocycles. The minimum absolute atomic E-state index is 0.0353. The Hall–Kier alpha value is -3.54. The van der Waals surface area contributed by atoms with Crippen LogP contribution in [0.15, 0.2) is 72.8 Å². The van der Waals surface area contributed by atoms with Crippen molar-refractivity contribution in [2.75, 3.05) is 0 Å². The van der Waals surface area contributed by atoms with E-state index >= 15 is 0 Å². The third kappa shape index (κ3) is 2.46. The summed E-state index contributed by atoms with van der Waals surface area (Å²) in [4.78, 5) is 56.5. The van der Waals surface area contributed by atoms with Crippen LogP contribution in [-0.4, -0.2) is 33.4 Å². The molecule has 6 aliphatic rings. The maximum Gasteiger partial charge on any atom is 0.234 e. The first-order valence-corrected chi connectivity index (χ1v) is 12.0. The first-order chi connectivity index (χ1) is 16.6. The lowest BCUT2D eigenvalue weighted by molar-refractivity contribution is -0.166. The highest BCUT2D eigenvalue weighted by Crippen LogP contribution is 2.68. The van der Waals surface area contributed by atoms with Crippen molar-refractivity contribution in [2.45, 2.75) is 13.1 Å². The molecular weight excluding hydrogens is 428 g/mol. The predicted molar refractivity (Wildman–Crippen MR) is 121 cm³/mol. The van der Waals surface area contributed by atoms with Gasteiger partial charge in [-0.15, -0.1) is 0 Å². The van der Waals surface area contributed by atoms with Gasteiger partial charge in [-0.25, -0.2) is 0 Å². The van der Waals surface area contributed by atoms with E-state index < -0.39 is 11.8 Å². The Labute approximate surface area is 197 Å². The number of benzene rings is 2. The van der Waals surface area contributed by atoms with Crippen molar-refractivity contribution in [3.63, 3.8) is 0 Å². The molecule has 2 aliphatic heterocycles. The number of hydrogen-bond donors (Lipinski definition) is 0. The summed E-state index contributed by atoms with van der Waals surface area (Å²) in [6.45, 7) is 0.555. The second-order valence-corrected chi connectivity index (χ2v) is 10.3. The van der Waals surface area contributed by atoms with E-state index in [4.69, 9.17) is 0 Å². The average molecular weight is 453 g/mol. The minimum Gasteiger partial charge on any atom is -0.278 e. The van der Waals surface area contributed by atoms with Crippen molar-refractivity contribution < 1.29 is 19.2 Å². The second-order valence-electron chi connectivity index (χ2n) is 10.3. The van der Waals surface area contributed by atoms with Crippen molar-refractivity contribution in [1.82, 2.24) is 9.80 Å². The summed E-state index contributed by atoms with van der Waals surface area (Å²) in [7, 11) is 0. The van der Waals surface area contributed by atoms with Crippen molar-refractivity contribution >= 4 is 23.6 Å². The summed E-state index contributed by atoms with van der Waals surface area (Å²) in [6, 6.07) is 19.1. The van der Waals surface area contributed by atoms with E-state index in [0.717, 1.165) is 11.1 Å². The van der Waals surface area contributed by atoms with Crippen molar-refractivity contribution in [3.8, 4) is 0 Å². The molecule has 0 N–H and O–H groups in total. The van der Waals surface area contributed by atoms with Crippen LogP contribution in [0, 0.1) is 47.3 Å². The van der Waals surface area contributed by atoms with Gasteiger partial charge in [0.05, 0.1) is 36.8 Å². The number of likely N-dealkylation sites (tertiary alicyclic amines) is 2. The van der Waals surface area contributed by atoms with Crippen LogP contribution >= 0.6 is 0 Å². The SMILES string of the molecule is O=C1[C@@H]2[C@H]3C=C[C@@H]([C@@H]2C(=O)N1Cc1ccccc1)[C@H]1[C@H]2C(=O)N(Cc4ccccc4)C(=O)[C@@H]2[C@H]31. The van der Waals surface area contributed by atoms with Crippen molar-refractivity contribution in [3.05, 3.63) is 83.9 Å². The lowest BCUT2D eigenvalue weighted by Gasteiger charge is -2.60. The Bertz CT molecular complexity index is 1200. The molecule has 6 heteroatoms. The molecular formula is C28H24N2O4. The van der Waals surface area contributed by atoms with Crippen LogP contribution in [0.25, 0.3) is 0 Å². The van der Waals surface area contributed by atoms with Crippen LogP contribution in [0.4, 0.5) is 0 Å². The Balaban J connectivity index is 1.18. The smallest absolute Gasteiger partial charge is 0.234 e. The van der Waals surface area contributed by atoms with Crippen LogP contribution in [0.2, 0.25) is 0 Å². The van der Waals surface area contributed by atoms with E-state index in [0.29, 0.717) is 0 Å². The summed E-state index contributed by atoms with van der Waals surface area (Å²) in [6.07, 6.45) is 4.11. The van der Waals surface area contributed by atoms with Crippen LogP contribution in [0.5, 0.6) is 0 Å². The molecule has 34 heavy (non-hydrogen) atoms. The van der Waals surface area contributed by atoms with Gasteiger partial charge in [-0.3, -0.25) is 29.0 Å². The molecule has 6 nitrogen and oxygen atoms in total. The number of fused-ring (bicyclic) bond motifs is 1. The topological polar surface area (TPSA) is 74.8 Å². The third-order valence-electron chi connectivity index (χ3n) is 8.89. The normalized spacial score (nSPS) is 37.1. The molecule has 8 rings (SSSR count). The molecule has 170 valence electrons. The van der Waals surface area contributed by atoms with E-state index in [-0.39, 0.29) is 72.2 Å². The fraction of sp³-hybridized carbons (Fsp3) is 0.357. The number of imide groups is 2. The summed E-state index contributed by atoms with van der Waals surface area (Å²) >= 11 is 0. The van der Waals surface area contributed by atoms with E-state index in [1.54, 1.807) is 0 Å². The quantitative estimate of drug-likeness (QED) is 0.528. The monoisotopic (exact) mass is 452 g/mol. The van der Waals surface area contributed by atoms with E-state index in [2.05, 4.69) is 12.2 Å². The lowest BCUT2D eigenvalue weighted by Crippen LogP contribution is -2.63. The molecule has 0 spiro atoms. The molecule has 2 saturated heterocycles. The highest BCUT2D eigenvalue weighted by Gasteiger charge is 2.74. The zero-order chi connectivity index (χ0) is 23.1. The first kappa shape index (κ1) is 19.9. The molecule has 4 aliphatic carbocycles. The molecule has 0 radical (unpaired) electrons. The van der Waals surface area contributed by atoms with E-state index in [1.165, 1.54) is 9.80 Å². The van der Waals surface area contributed by atoms with Gasteiger partial charge in [-0.1, -0.05) is 72.8 Å². The fourth-order valence-corrected chi connectivity index (χ4v) is 7.57. The van der Waals surface area contributed by atoms with Gasteiger partial charge in [0.25, 0.3) is 0 Å². The number of carbonyl (C=O) groups excluding carboxylic acids is 4. The molecule has 0 aromatic heterocycles. The highest BCUT2D eigenvalue weighted by atomic mass is 16.2. The van der Waals surface area contributed by atoms with Crippen LogP contribution < -0.4 is 0 Å². The van der Waals surface area contributed by atoms with Gasteiger partial charge >= 0.3 is 0 Å². The predicted octanol–water partition coefficient (Wildman–Crippen LogP) is 2.65. The Morgan fingerprint density at radius 2 is 0.853 bits per heavy atom. The van der Waals surface area contributed by atoms with Gasteiger partial charge in [0.1, 0.15) is 0 Å². The largest absolute Gasteiger partial charge is 0.278 e. The first-order valence-electron chi connectivity index (χ1n) is 12.0. The van der Waals surface area contributed by atoms with Gasteiger partial charge in [-0.05, 0) is 34.8 Å². The van der Waals surface area contributed by atoms with E-state index in [9.17, 15) is 19.2 Å². The van der Waals surface area contributed by atoms with Gasteiger partial charge < -0.3 is 0 Å². The van der Waals surface area contributed by atoms with Crippen LogP contribution in [-0.2, 0) is 32.3 Å². The standard InChI is InChI=1S/C28H24N2O4/c31-25-21-17-11-12-18(22(21)26(32)29(25)13-15-7-3-1-4-8-15)20-19(17)23-24(20)28(34)30(27(23)33)14-16-9-5-2-6-10-16/h1-12,17-24H,13-14H2/t17-,18+,19-,20-,21+,22-,23-,24-/m1/s1. The highest BCUT2D eigenvalue weighted by molar-refractivity contribution is 6.09. The zero-order valence-electron chi connectivity index (χ0n) is 18.5. The molecule has 0 unspecified atom stereocenters. The van der Waals surface area contributed by atoms with Crippen molar-refractivity contribution in [1.29, 1.82) is 0 Å². The molecule has 2 aromatic rings. The van der Waals surface area contributed by atoms with Crippen LogP contribution in [0.1, 0.15) is 11.1 Å². The molecule has 8 atom stereocenters. The summed E-state index contributed by atoms with van der Waals surface area (Å²) < 4.78 is 0. The zero-order valence-corrected chi connectivity index (χ0v) is 18.5. The maximum atomic E-state index is 13.5. The van der Waals surface area contributed by atoms with E-state index in [1.807, 2.05) is 60.7 Å². The fourth-order valence-electron chi connectivity index (χ4n) is 7.57. The number of carbonyl (C=O) groups is 4. The minimum atomic E-state index is -0.417. The number of amides is 4. The molecule has 2 saturated carbocycles. The molecule has 4 fully saturated rings. The Morgan fingerprint density at radius 1 is 0.500 bits per heavy atom. The van der Waals surface area contributed by atoms with Crippen LogP contribution in [0.3, 0.4) is 0 Å². The third-order valence-corrected chi connectivity index (χ3v) is 8.89. The number of allylic oxidation sites excluding steroid dienone is 2. The Morgan fingerprint density at radius 3 is 1.24 bits per heavy atom. The van der Waals surface area contributed by atoms with Gasteiger partial charge in [0.2, 0.25) is 23.6 Å². The van der Waals surface area contributed by atoms with Crippen molar-refractivity contribution in [2.24, 2.45) is 47.3 Å². The average Bonchev–Trinajstić information content (AvgIpc) is 3.21. The van der Waals surface area contributed by atoms with Gasteiger partial charge in [0, 0.05) is 0 Å². The summed E-state index contributed by atoms with van der Waals surface area (Å²) in [5.41, 5.74) is 1.85. The lowest BCUT2D eigenvalue weighted by atomic mass is 9.40. The Kier molecular flexibility index (Phi) is 4.08. The number of hydrogen-bond acceptors (Lipinski definition) is 4. The maximum absolute atomic E-state index is 13.5. The molecule has 4 amide bonds. The van der Waals surface area contributed by atoms with Gasteiger partial charge in [0.15, 0.2) is 0 Å². The summed E-state index contributed by atoms with van der Waals surface area (Å²) in [5.74, 6) is -2.45. The molecule has 2 bridgehead atoms. The number of rotatable bonds is 4.